The molecule has 0 spiro atoms. The Hall–Kier alpha value is -3.03. The molecule has 0 unspecified atom stereocenters. The summed E-state index contributed by atoms with van der Waals surface area (Å²) in [5, 5.41) is 1.88. The normalized spacial score (nSPS) is 17.6. The molecule has 2 aromatic carbocycles. The Labute approximate surface area is 200 Å². The molecule has 1 aliphatic heterocycles. The monoisotopic (exact) mass is 475 g/mol. The van der Waals surface area contributed by atoms with E-state index in [1.807, 2.05) is 42.5 Å². The molecule has 4 aromatic rings. The summed E-state index contributed by atoms with van der Waals surface area (Å²) in [6.07, 6.45) is 5.48. The van der Waals surface area contributed by atoms with E-state index in [1.165, 1.54) is 4.31 Å². The molecule has 0 saturated carbocycles. The van der Waals surface area contributed by atoms with Crippen molar-refractivity contribution in [1.82, 2.24) is 13.9 Å². The van der Waals surface area contributed by atoms with Crippen molar-refractivity contribution in [3.8, 4) is 0 Å². The van der Waals surface area contributed by atoms with Crippen LogP contribution in [0.25, 0.3) is 21.8 Å². The van der Waals surface area contributed by atoms with Crippen LogP contribution in [0.1, 0.15) is 50.4 Å². The largest absolute Gasteiger partial charge is 0.277 e. The van der Waals surface area contributed by atoms with Crippen LogP contribution < -0.4 is 0 Å². The lowest BCUT2D eigenvalue weighted by molar-refractivity contribution is 0.0843. The number of nitrogens with zero attached hydrogens (tertiary/aromatic N) is 3. The smallest absolute Gasteiger partial charge is 0.250 e. The lowest BCUT2D eigenvalue weighted by Gasteiger charge is -2.25. The van der Waals surface area contributed by atoms with Gasteiger partial charge in [0.15, 0.2) is 0 Å². The third-order valence-electron chi connectivity index (χ3n) is 7.31. The fraction of sp³-hybridized carbons (Fsp3) is 0.333. The highest BCUT2D eigenvalue weighted by Crippen LogP contribution is 2.33. The molecular weight excluding hydrogens is 446 g/mol. The van der Waals surface area contributed by atoms with Gasteiger partial charge in [0.1, 0.15) is 6.04 Å². The van der Waals surface area contributed by atoms with E-state index in [1.54, 1.807) is 29.1 Å². The molecule has 6 nitrogen and oxygen atoms in total. The van der Waals surface area contributed by atoms with E-state index in [4.69, 9.17) is 0 Å². The van der Waals surface area contributed by atoms with E-state index in [0.29, 0.717) is 24.9 Å². The fourth-order valence-corrected chi connectivity index (χ4v) is 6.55. The molecule has 7 heteroatoms. The molecule has 1 saturated heterocycles. The molecule has 0 radical (unpaired) electrons. The molecule has 0 N–H and O–H groups in total. The summed E-state index contributed by atoms with van der Waals surface area (Å²) >= 11 is 0. The van der Waals surface area contributed by atoms with Gasteiger partial charge < -0.3 is 0 Å². The highest BCUT2D eigenvalue weighted by atomic mass is 32.2. The van der Waals surface area contributed by atoms with Crippen LogP contribution in [-0.4, -0.2) is 40.8 Å². The number of carbonyl (C=O) groups is 1. The summed E-state index contributed by atoms with van der Waals surface area (Å²) in [6.45, 7) is 6.74. The summed E-state index contributed by atoms with van der Waals surface area (Å²) in [5.41, 5.74) is 2.54. The Balaban J connectivity index is 1.54. The first-order chi connectivity index (χ1) is 16.3. The quantitative estimate of drug-likeness (QED) is 0.389. The van der Waals surface area contributed by atoms with Gasteiger partial charge in [-0.3, -0.25) is 14.3 Å². The Morgan fingerprint density at radius 1 is 1.03 bits per heavy atom. The van der Waals surface area contributed by atoms with Gasteiger partial charge in [-0.2, -0.15) is 4.31 Å². The minimum absolute atomic E-state index is 0.0288. The van der Waals surface area contributed by atoms with Crippen LogP contribution in [0.4, 0.5) is 0 Å². The second kappa shape index (κ2) is 8.32. The van der Waals surface area contributed by atoms with Crippen molar-refractivity contribution in [1.29, 1.82) is 0 Å². The summed E-state index contributed by atoms with van der Waals surface area (Å²) in [4.78, 5) is 18.3. The minimum atomic E-state index is -3.82. The van der Waals surface area contributed by atoms with Crippen LogP contribution in [0, 0.1) is 0 Å². The lowest BCUT2D eigenvalue weighted by Crippen LogP contribution is -2.42. The van der Waals surface area contributed by atoms with Gasteiger partial charge in [0.2, 0.25) is 15.9 Å². The van der Waals surface area contributed by atoms with E-state index < -0.39 is 16.1 Å². The SMILES string of the molecule is CCC(C)(C)c1ccc(S(=O)(=O)N2CCC[C@H]2C(=O)n2c3ccccc3c3ccncc32)cc1. The number of fused-ring (bicyclic) bond motifs is 3. The van der Waals surface area contributed by atoms with Crippen LogP contribution in [-0.2, 0) is 15.4 Å². The average molecular weight is 476 g/mol. The van der Waals surface area contributed by atoms with Gasteiger partial charge in [-0.05, 0) is 54.5 Å². The summed E-state index contributed by atoms with van der Waals surface area (Å²) < 4.78 is 30.3. The third-order valence-corrected chi connectivity index (χ3v) is 9.23. The number of para-hydroxylation sites is 1. The van der Waals surface area contributed by atoms with Gasteiger partial charge in [0, 0.05) is 23.5 Å². The number of aromatic nitrogens is 2. The molecule has 34 heavy (non-hydrogen) atoms. The van der Waals surface area contributed by atoms with Crippen molar-refractivity contribution in [3.05, 3.63) is 72.6 Å². The Morgan fingerprint density at radius 2 is 1.74 bits per heavy atom. The molecule has 0 amide bonds. The third kappa shape index (κ3) is 3.54. The molecular formula is C27H29N3O3S. The second-order valence-corrected chi connectivity index (χ2v) is 11.5. The highest BCUT2D eigenvalue weighted by Gasteiger charge is 2.40. The molecule has 1 aliphatic rings. The Bertz CT molecular complexity index is 1430. The maximum Gasteiger partial charge on any atom is 0.250 e. The van der Waals surface area contributed by atoms with Crippen LogP contribution in [0.3, 0.4) is 0 Å². The number of benzene rings is 2. The number of hydrogen-bond donors (Lipinski definition) is 0. The van der Waals surface area contributed by atoms with E-state index >= 15 is 0 Å². The standard InChI is InChI=1S/C27H29N3O3S/c1-4-27(2,3)19-11-13-20(14-12-19)34(32,33)29-17-7-10-24(29)26(31)30-23-9-6-5-8-21(23)22-15-16-28-18-25(22)30/h5-6,8-9,11-16,18,24H,4,7,10,17H2,1-3H3/t24-/m0/s1. The van der Waals surface area contributed by atoms with E-state index in [2.05, 4.69) is 25.8 Å². The first-order valence-corrected chi connectivity index (χ1v) is 13.2. The van der Waals surface area contributed by atoms with Gasteiger partial charge in [0.25, 0.3) is 0 Å². The topological polar surface area (TPSA) is 72.3 Å². The fourth-order valence-electron chi connectivity index (χ4n) is 4.90. The van der Waals surface area contributed by atoms with Gasteiger partial charge >= 0.3 is 0 Å². The van der Waals surface area contributed by atoms with Crippen LogP contribution in [0.5, 0.6) is 0 Å². The number of rotatable bonds is 5. The zero-order valence-electron chi connectivity index (χ0n) is 19.7. The van der Waals surface area contributed by atoms with Crippen LogP contribution in [0.2, 0.25) is 0 Å². The Morgan fingerprint density at radius 3 is 2.47 bits per heavy atom. The van der Waals surface area contributed by atoms with Crippen LogP contribution >= 0.6 is 0 Å². The molecule has 0 bridgehead atoms. The van der Waals surface area contributed by atoms with Crippen molar-refractivity contribution < 1.29 is 13.2 Å². The molecule has 3 heterocycles. The molecule has 1 atom stereocenters. The number of pyridine rings is 1. The lowest BCUT2D eigenvalue weighted by atomic mass is 9.82. The number of sulfonamides is 1. The predicted molar refractivity (Wildman–Crippen MR) is 135 cm³/mol. The molecule has 2 aromatic heterocycles. The summed E-state index contributed by atoms with van der Waals surface area (Å²) in [6, 6.07) is 16.0. The van der Waals surface area contributed by atoms with Crippen molar-refractivity contribution in [2.75, 3.05) is 6.54 Å². The molecule has 0 aliphatic carbocycles. The number of hydrogen-bond acceptors (Lipinski definition) is 4. The van der Waals surface area contributed by atoms with Crippen LogP contribution in [0.15, 0.2) is 71.9 Å². The summed E-state index contributed by atoms with van der Waals surface area (Å²) in [7, 11) is -3.82. The first kappa shape index (κ1) is 22.7. The van der Waals surface area contributed by atoms with E-state index in [9.17, 15) is 13.2 Å². The van der Waals surface area contributed by atoms with Gasteiger partial charge in [-0.25, -0.2) is 8.42 Å². The van der Waals surface area contributed by atoms with E-state index in [-0.39, 0.29) is 16.2 Å². The van der Waals surface area contributed by atoms with Gasteiger partial charge in [0.05, 0.1) is 22.1 Å². The molecule has 5 rings (SSSR count). The zero-order chi connectivity index (χ0) is 24.1. The average Bonchev–Trinajstić information content (AvgIpc) is 3.48. The van der Waals surface area contributed by atoms with Crippen molar-refractivity contribution in [3.63, 3.8) is 0 Å². The Kier molecular flexibility index (Phi) is 5.57. The highest BCUT2D eigenvalue weighted by molar-refractivity contribution is 7.89. The predicted octanol–water partition coefficient (Wildman–Crippen LogP) is 5.37. The number of carbonyl (C=O) groups excluding carboxylic acids is 1. The van der Waals surface area contributed by atoms with Gasteiger partial charge in [-0.1, -0.05) is 51.1 Å². The first-order valence-electron chi connectivity index (χ1n) is 11.8. The maximum atomic E-state index is 13.9. The molecule has 1 fully saturated rings. The van der Waals surface area contributed by atoms with Gasteiger partial charge in [-0.15, -0.1) is 0 Å². The maximum absolute atomic E-state index is 13.9. The van der Waals surface area contributed by atoms with E-state index in [0.717, 1.165) is 28.3 Å². The van der Waals surface area contributed by atoms with Crippen molar-refractivity contribution in [2.24, 2.45) is 0 Å². The summed E-state index contributed by atoms with van der Waals surface area (Å²) in [5.74, 6) is -0.232. The zero-order valence-corrected chi connectivity index (χ0v) is 20.5. The van der Waals surface area contributed by atoms with Crippen molar-refractivity contribution in [2.45, 2.75) is 56.4 Å². The minimum Gasteiger partial charge on any atom is -0.277 e. The van der Waals surface area contributed by atoms with Crippen molar-refractivity contribution >= 4 is 37.7 Å². The second-order valence-electron chi connectivity index (χ2n) is 9.62. The molecule has 176 valence electrons.